The van der Waals surface area contributed by atoms with Crippen molar-refractivity contribution in [1.82, 2.24) is 0 Å². The first-order valence-electron chi connectivity index (χ1n) is 8.80. The van der Waals surface area contributed by atoms with Gasteiger partial charge >= 0.3 is 5.97 Å². The van der Waals surface area contributed by atoms with E-state index < -0.39 is 0 Å². The molecule has 0 radical (unpaired) electrons. The van der Waals surface area contributed by atoms with Crippen molar-refractivity contribution in [3.63, 3.8) is 0 Å². The van der Waals surface area contributed by atoms with Gasteiger partial charge in [-0.05, 0) is 51.2 Å². The summed E-state index contributed by atoms with van der Waals surface area (Å²) in [6.07, 6.45) is 4.44. The van der Waals surface area contributed by atoms with Gasteiger partial charge in [0.2, 0.25) is 0 Å². The van der Waals surface area contributed by atoms with Gasteiger partial charge in [0.1, 0.15) is 5.75 Å². The van der Waals surface area contributed by atoms with E-state index >= 15 is 0 Å². The lowest BCUT2D eigenvalue weighted by Gasteiger charge is -2.30. The molecular formula is C19H30N2O2. The third-order valence-electron chi connectivity index (χ3n) is 4.43. The van der Waals surface area contributed by atoms with Crippen LogP contribution >= 0.6 is 0 Å². The van der Waals surface area contributed by atoms with Crippen molar-refractivity contribution in [2.45, 2.75) is 59.4 Å². The summed E-state index contributed by atoms with van der Waals surface area (Å²) in [6.45, 7) is 9.38. The maximum atomic E-state index is 12.0. The number of carbonyl (C=O) groups excluding carboxylic acids is 1. The summed E-state index contributed by atoms with van der Waals surface area (Å²) >= 11 is 0. The number of rotatable bonds is 8. The molecule has 0 bridgehead atoms. The molecule has 2 rings (SSSR count). The Hall–Kier alpha value is -1.71. The number of nitrogen functional groups attached to an aromatic ring is 1. The normalized spacial score (nSPS) is 15.5. The van der Waals surface area contributed by atoms with Crippen LogP contribution in [0, 0.1) is 11.8 Å². The minimum absolute atomic E-state index is 0.0806. The molecule has 1 unspecified atom stereocenters. The molecule has 1 atom stereocenters. The fourth-order valence-electron chi connectivity index (χ4n) is 2.79. The summed E-state index contributed by atoms with van der Waals surface area (Å²) in [4.78, 5) is 14.4. The molecule has 0 aromatic heterocycles. The van der Waals surface area contributed by atoms with E-state index in [1.165, 1.54) is 12.8 Å². The molecule has 1 aromatic rings. The van der Waals surface area contributed by atoms with Crippen molar-refractivity contribution >= 4 is 17.3 Å². The topological polar surface area (TPSA) is 55.6 Å². The van der Waals surface area contributed by atoms with Crippen molar-refractivity contribution in [1.29, 1.82) is 0 Å². The number of hydrogen-bond acceptors (Lipinski definition) is 4. The molecule has 0 heterocycles. The molecular weight excluding hydrogens is 288 g/mol. The lowest BCUT2D eigenvalue weighted by atomic mass is 10.1. The van der Waals surface area contributed by atoms with Crippen LogP contribution in [0.25, 0.3) is 0 Å². The molecule has 23 heavy (non-hydrogen) atoms. The Morgan fingerprint density at radius 2 is 2.04 bits per heavy atom. The zero-order valence-corrected chi connectivity index (χ0v) is 14.8. The van der Waals surface area contributed by atoms with Gasteiger partial charge in [-0.3, -0.25) is 4.79 Å². The van der Waals surface area contributed by atoms with E-state index in [1.54, 1.807) is 6.07 Å². The molecule has 0 saturated heterocycles. The predicted octanol–water partition coefficient (Wildman–Crippen LogP) is 4.24. The second-order valence-corrected chi connectivity index (χ2v) is 7.02. The van der Waals surface area contributed by atoms with Crippen LogP contribution in [0.3, 0.4) is 0 Å². The van der Waals surface area contributed by atoms with Gasteiger partial charge < -0.3 is 15.4 Å². The quantitative estimate of drug-likeness (QED) is 0.442. The molecule has 0 aliphatic heterocycles. The van der Waals surface area contributed by atoms with E-state index in [2.05, 4.69) is 25.7 Å². The molecule has 1 saturated carbocycles. The van der Waals surface area contributed by atoms with Gasteiger partial charge in [-0.25, -0.2) is 0 Å². The predicted molar refractivity (Wildman–Crippen MR) is 95.8 cm³/mol. The third kappa shape index (κ3) is 4.88. The highest BCUT2D eigenvalue weighted by Crippen LogP contribution is 2.35. The van der Waals surface area contributed by atoms with Gasteiger partial charge in [-0.15, -0.1) is 0 Å². The van der Waals surface area contributed by atoms with Crippen molar-refractivity contribution in [2.24, 2.45) is 11.8 Å². The molecule has 4 nitrogen and oxygen atoms in total. The van der Waals surface area contributed by atoms with Crippen LogP contribution in [0.5, 0.6) is 5.75 Å². The van der Waals surface area contributed by atoms with E-state index in [9.17, 15) is 4.79 Å². The van der Waals surface area contributed by atoms with Crippen molar-refractivity contribution in [3.05, 3.63) is 18.2 Å². The molecule has 128 valence electrons. The van der Waals surface area contributed by atoms with Crippen molar-refractivity contribution in [2.75, 3.05) is 17.2 Å². The lowest BCUT2D eigenvalue weighted by Crippen LogP contribution is -2.33. The highest BCUT2D eigenvalue weighted by molar-refractivity contribution is 5.76. The Morgan fingerprint density at radius 1 is 1.35 bits per heavy atom. The largest absolute Gasteiger partial charge is 0.426 e. The first kappa shape index (κ1) is 17.6. The average Bonchev–Trinajstić information content (AvgIpc) is 3.29. The molecule has 0 spiro atoms. The van der Waals surface area contributed by atoms with Crippen LogP contribution in [-0.4, -0.2) is 18.6 Å². The molecule has 1 aliphatic carbocycles. The van der Waals surface area contributed by atoms with Gasteiger partial charge in [0.05, 0.1) is 17.3 Å². The summed E-state index contributed by atoms with van der Waals surface area (Å²) in [5.74, 6) is 1.07. The van der Waals surface area contributed by atoms with E-state index in [0.717, 1.165) is 31.0 Å². The summed E-state index contributed by atoms with van der Waals surface area (Å²) in [5, 5.41) is 0. The fraction of sp³-hybridized carbons (Fsp3) is 0.632. The van der Waals surface area contributed by atoms with E-state index in [-0.39, 0.29) is 11.9 Å². The number of anilines is 2. The third-order valence-corrected chi connectivity index (χ3v) is 4.43. The highest BCUT2D eigenvalue weighted by Gasteiger charge is 2.26. The lowest BCUT2D eigenvalue weighted by molar-refractivity contribution is -0.138. The van der Waals surface area contributed by atoms with E-state index in [0.29, 0.717) is 17.5 Å². The number of nitrogens with two attached hydrogens (primary N) is 1. The Kier molecular flexibility index (Phi) is 5.91. The Balaban J connectivity index is 2.08. The maximum Gasteiger partial charge on any atom is 0.314 e. The van der Waals surface area contributed by atoms with Crippen molar-refractivity contribution in [3.8, 4) is 5.75 Å². The number of esters is 1. The minimum Gasteiger partial charge on any atom is -0.426 e. The Bertz CT molecular complexity index is 538. The average molecular weight is 318 g/mol. The molecule has 0 amide bonds. The maximum absolute atomic E-state index is 12.0. The number of hydrogen-bond donors (Lipinski definition) is 1. The zero-order chi connectivity index (χ0) is 17.0. The van der Waals surface area contributed by atoms with E-state index in [1.807, 2.05) is 19.1 Å². The zero-order valence-electron chi connectivity index (χ0n) is 14.8. The van der Waals surface area contributed by atoms with Crippen LogP contribution in [-0.2, 0) is 4.79 Å². The van der Waals surface area contributed by atoms with Crippen LogP contribution in [0.2, 0.25) is 0 Å². The molecule has 2 N–H and O–H groups in total. The summed E-state index contributed by atoms with van der Waals surface area (Å²) in [5.41, 5.74) is 7.94. The number of ether oxygens (including phenoxy) is 1. The van der Waals surface area contributed by atoms with Gasteiger partial charge in [-0.2, -0.15) is 0 Å². The number of nitrogens with zero attached hydrogens (tertiary/aromatic N) is 1. The van der Waals surface area contributed by atoms with Gasteiger partial charge in [0.15, 0.2) is 0 Å². The van der Waals surface area contributed by atoms with Crippen LogP contribution in [0.15, 0.2) is 18.2 Å². The number of carbonyl (C=O) groups is 1. The van der Waals surface area contributed by atoms with Gasteiger partial charge in [-0.1, -0.05) is 20.3 Å². The summed E-state index contributed by atoms with van der Waals surface area (Å²) < 4.78 is 5.46. The summed E-state index contributed by atoms with van der Waals surface area (Å²) in [6, 6.07) is 6.00. The molecule has 1 aliphatic rings. The monoisotopic (exact) mass is 318 g/mol. The first-order valence-corrected chi connectivity index (χ1v) is 8.80. The summed E-state index contributed by atoms with van der Waals surface area (Å²) in [7, 11) is 0. The second kappa shape index (κ2) is 7.71. The van der Waals surface area contributed by atoms with Gasteiger partial charge in [0, 0.05) is 18.7 Å². The van der Waals surface area contributed by atoms with Crippen LogP contribution in [0.1, 0.15) is 53.4 Å². The van der Waals surface area contributed by atoms with Gasteiger partial charge in [0.25, 0.3) is 0 Å². The first-order chi connectivity index (χ1) is 10.9. The van der Waals surface area contributed by atoms with Crippen LogP contribution in [0.4, 0.5) is 11.4 Å². The molecule has 4 heteroatoms. The highest BCUT2D eigenvalue weighted by atomic mass is 16.5. The second-order valence-electron chi connectivity index (χ2n) is 7.02. The smallest absolute Gasteiger partial charge is 0.314 e. The fourth-order valence-corrected chi connectivity index (χ4v) is 2.79. The Labute approximate surface area is 140 Å². The SMILES string of the molecule is CCCC(C)C(=O)Oc1ccc(N(CC2CC2)C(C)C)c(N)c1. The van der Waals surface area contributed by atoms with E-state index in [4.69, 9.17) is 10.5 Å². The van der Waals surface area contributed by atoms with Crippen molar-refractivity contribution < 1.29 is 9.53 Å². The van der Waals surface area contributed by atoms with Crippen LogP contribution < -0.4 is 15.4 Å². The number of benzene rings is 1. The molecule has 1 aromatic carbocycles. The standard InChI is InChI=1S/C19H30N2O2/c1-5-6-14(4)19(22)23-16-9-10-18(17(20)11-16)21(13(2)3)12-15-7-8-15/h9-11,13-15H,5-8,12,20H2,1-4H3. The minimum atomic E-state index is -0.183. The Morgan fingerprint density at radius 3 is 2.57 bits per heavy atom. The molecule has 1 fully saturated rings.